The first kappa shape index (κ1) is 11.0. The summed E-state index contributed by atoms with van der Waals surface area (Å²) in [5, 5.41) is 0. The van der Waals surface area contributed by atoms with Crippen molar-refractivity contribution in [2.45, 2.75) is 39.5 Å². The molecule has 0 saturated carbocycles. The van der Waals surface area contributed by atoms with Crippen LogP contribution < -0.4 is 0 Å². The van der Waals surface area contributed by atoms with Gasteiger partial charge in [0.15, 0.2) is 0 Å². The van der Waals surface area contributed by atoms with Crippen LogP contribution in [0.5, 0.6) is 0 Å². The molecule has 0 radical (unpaired) electrons. The van der Waals surface area contributed by atoms with E-state index >= 15 is 0 Å². The van der Waals surface area contributed by atoms with Crippen LogP contribution >= 0.6 is 0 Å². The van der Waals surface area contributed by atoms with Crippen molar-refractivity contribution in [2.24, 2.45) is 0 Å². The Morgan fingerprint density at radius 3 is 2.14 bits per heavy atom. The molecule has 0 aliphatic carbocycles. The molecule has 1 aromatic carbocycles. The van der Waals surface area contributed by atoms with Gasteiger partial charge in [-0.1, -0.05) is 36.8 Å². The van der Waals surface area contributed by atoms with Crippen LogP contribution in [0.4, 0.5) is 0 Å². The minimum atomic E-state index is -0.345. The second-order valence-electron chi connectivity index (χ2n) is 4.27. The molecular weight excluding hydrogens is 172 g/mol. The lowest BCUT2D eigenvalue weighted by molar-refractivity contribution is -0.123. The summed E-state index contributed by atoms with van der Waals surface area (Å²) in [5.74, 6) is 0.293. The van der Waals surface area contributed by atoms with Gasteiger partial charge in [0.2, 0.25) is 0 Å². The third-order valence-electron chi connectivity index (χ3n) is 2.79. The number of hydrogen-bond donors (Lipinski definition) is 0. The molecule has 1 heteroatoms. The maximum atomic E-state index is 11.7. The van der Waals surface area contributed by atoms with Gasteiger partial charge in [0, 0.05) is 11.8 Å². The zero-order chi connectivity index (χ0) is 10.8. The van der Waals surface area contributed by atoms with Crippen LogP contribution in [0.1, 0.15) is 38.3 Å². The first-order chi connectivity index (χ1) is 6.48. The summed E-state index contributed by atoms with van der Waals surface area (Å²) in [7, 11) is 0. The Balaban J connectivity index is 3.03. The minimum absolute atomic E-state index is 0.293. The van der Waals surface area contributed by atoms with E-state index in [1.165, 1.54) is 5.56 Å². The first-order valence-corrected chi connectivity index (χ1v) is 5.09. The molecule has 0 heterocycles. The Kier molecular flexibility index (Phi) is 3.10. The maximum absolute atomic E-state index is 11.7. The van der Waals surface area contributed by atoms with E-state index in [-0.39, 0.29) is 5.41 Å². The van der Waals surface area contributed by atoms with Gasteiger partial charge in [-0.25, -0.2) is 0 Å². The SMILES string of the molecule is CCC(=O)C(C)(C)c1ccc(C)cc1. The van der Waals surface area contributed by atoms with Crippen LogP contribution in [0.15, 0.2) is 24.3 Å². The second kappa shape index (κ2) is 3.95. The first-order valence-electron chi connectivity index (χ1n) is 5.09. The van der Waals surface area contributed by atoms with Gasteiger partial charge in [-0.3, -0.25) is 4.79 Å². The fourth-order valence-electron chi connectivity index (χ4n) is 1.57. The lowest BCUT2D eigenvalue weighted by atomic mass is 9.79. The number of aryl methyl sites for hydroxylation is 1. The van der Waals surface area contributed by atoms with Crippen molar-refractivity contribution < 1.29 is 4.79 Å². The topological polar surface area (TPSA) is 17.1 Å². The molecule has 0 fully saturated rings. The summed E-state index contributed by atoms with van der Waals surface area (Å²) in [6.45, 7) is 7.95. The zero-order valence-electron chi connectivity index (χ0n) is 9.42. The van der Waals surface area contributed by atoms with E-state index < -0.39 is 0 Å². The molecule has 1 rings (SSSR count). The van der Waals surface area contributed by atoms with Gasteiger partial charge in [0.05, 0.1) is 0 Å². The van der Waals surface area contributed by atoms with Gasteiger partial charge in [-0.2, -0.15) is 0 Å². The number of benzene rings is 1. The van der Waals surface area contributed by atoms with E-state index in [9.17, 15) is 4.79 Å². The number of hydrogen-bond acceptors (Lipinski definition) is 1. The monoisotopic (exact) mass is 190 g/mol. The average molecular weight is 190 g/mol. The number of ketones is 1. The number of rotatable bonds is 3. The van der Waals surface area contributed by atoms with Gasteiger partial charge in [-0.05, 0) is 26.3 Å². The molecule has 0 unspecified atom stereocenters. The molecule has 0 N–H and O–H groups in total. The van der Waals surface area contributed by atoms with E-state index in [1.807, 2.05) is 32.9 Å². The number of carbonyl (C=O) groups is 1. The number of Topliss-reactive ketones (excluding diaryl/α,β-unsaturated/α-hetero) is 1. The van der Waals surface area contributed by atoms with E-state index in [2.05, 4.69) is 19.1 Å². The molecule has 0 aliphatic heterocycles. The predicted molar refractivity (Wildman–Crippen MR) is 59.5 cm³/mol. The standard InChI is InChI=1S/C13H18O/c1-5-12(14)13(3,4)11-8-6-10(2)7-9-11/h6-9H,5H2,1-4H3. The summed E-state index contributed by atoms with van der Waals surface area (Å²) in [4.78, 5) is 11.7. The van der Waals surface area contributed by atoms with Crippen molar-refractivity contribution in [2.75, 3.05) is 0 Å². The van der Waals surface area contributed by atoms with E-state index in [0.29, 0.717) is 12.2 Å². The fourth-order valence-corrected chi connectivity index (χ4v) is 1.57. The molecule has 0 spiro atoms. The third kappa shape index (κ3) is 2.03. The fraction of sp³-hybridized carbons (Fsp3) is 0.462. The molecule has 0 aliphatic rings. The summed E-state index contributed by atoms with van der Waals surface area (Å²) >= 11 is 0. The summed E-state index contributed by atoms with van der Waals surface area (Å²) in [6, 6.07) is 8.20. The Morgan fingerprint density at radius 1 is 1.21 bits per heavy atom. The quantitative estimate of drug-likeness (QED) is 0.715. The molecule has 0 aromatic heterocycles. The summed E-state index contributed by atoms with van der Waals surface area (Å²) in [5.41, 5.74) is 1.99. The maximum Gasteiger partial charge on any atom is 0.142 e. The Morgan fingerprint density at radius 2 is 1.71 bits per heavy atom. The Labute approximate surface area is 86.1 Å². The minimum Gasteiger partial charge on any atom is -0.299 e. The highest BCUT2D eigenvalue weighted by Gasteiger charge is 2.27. The lowest BCUT2D eigenvalue weighted by Crippen LogP contribution is -2.28. The molecule has 1 nitrogen and oxygen atoms in total. The molecule has 76 valence electrons. The summed E-state index contributed by atoms with van der Waals surface area (Å²) < 4.78 is 0. The van der Waals surface area contributed by atoms with Gasteiger partial charge in [-0.15, -0.1) is 0 Å². The van der Waals surface area contributed by atoms with E-state index in [4.69, 9.17) is 0 Å². The highest BCUT2D eigenvalue weighted by molar-refractivity contribution is 5.89. The van der Waals surface area contributed by atoms with Gasteiger partial charge < -0.3 is 0 Å². The Bertz CT molecular complexity index is 320. The van der Waals surface area contributed by atoms with Crippen LogP contribution in [-0.4, -0.2) is 5.78 Å². The lowest BCUT2D eigenvalue weighted by Gasteiger charge is -2.23. The van der Waals surface area contributed by atoms with Crippen molar-refractivity contribution in [3.63, 3.8) is 0 Å². The van der Waals surface area contributed by atoms with E-state index in [0.717, 1.165) is 5.56 Å². The molecular formula is C13H18O. The van der Waals surface area contributed by atoms with Gasteiger partial charge >= 0.3 is 0 Å². The van der Waals surface area contributed by atoms with Crippen molar-refractivity contribution in [1.82, 2.24) is 0 Å². The van der Waals surface area contributed by atoms with Crippen LogP contribution in [-0.2, 0) is 10.2 Å². The highest BCUT2D eigenvalue weighted by atomic mass is 16.1. The normalized spacial score (nSPS) is 11.4. The van der Waals surface area contributed by atoms with Crippen LogP contribution in [0, 0.1) is 6.92 Å². The van der Waals surface area contributed by atoms with Crippen molar-refractivity contribution in [3.05, 3.63) is 35.4 Å². The smallest absolute Gasteiger partial charge is 0.142 e. The Hall–Kier alpha value is -1.11. The third-order valence-corrected chi connectivity index (χ3v) is 2.79. The van der Waals surface area contributed by atoms with Crippen molar-refractivity contribution in [3.8, 4) is 0 Å². The largest absolute Gasteiger partial charge is 0.299 e. The highest BCUT2D eigenvalue weighted by Crippen LogP contribution is 2.25. The molecule has 1 aromatic rings. The number of carbonyl (C=O) groups excluding carboxylic acids is 1. The van der Waals surface area contributed by atoms with Gasteiger partial charge in [0.25, 0.3) is 0 Å². The predicted octanol–water partition coefficient (Wildman–Crippen LogP) is 3.25. The molecule has 14 heavy (non-hydrogen) atoms. The van der Waals surface area contributed by atoms with Crippen LogP contribution in [0.2, 0.25) is 0 Å². The van der Waals surface area contributed by atoms with Crippen molar-refractivity contribution in [1.29, 1.82) is 0 Å². The molecule has 0 amide bonds. The van der Waals surface area contributed by atoms with Crippen LogP contribution in [0.3, 0.4) is 0 Å². The second-order valence-corrected chi connectivity index (χ2v) is 4.27. The van der Waals surface area contributed by atoms with Crippen LogP contribution in [0.25, 0.3) is 0 Å². The van der Waals surface area contributed by atoms with Gasteiger partial charge in [0.1, 0.15) is 5.78 Å². The average Bonchev–Trinajstić information content (AvgIpc) is 2.17. The molecule has 0 saturated heterocycles. The van der Waals surface area contributed by atoms with E-state index in [1.54, 1.807) is 0 Å². The molecule has 0 bridgehead atoms. The molecule has 0 atom stereocenters. The van der Waals surface area contributed by atoms with Crippen molar-refractivity contribution >= 4 is 5.78 Å². The summed E-state index contributed by atoms with van der Waals surface area (Å²) in [6.07, 6.45) is 0.598. The zero-order valence-corrected chi connectivity index (χ0v) is 9.42.